The Kier molecular flexibility index (Phi) is 3.04. The highest BCUT2D eigenvalue weighted by atomic mass is 16.5. The van der Waals surface area contributed by atoms with Crippen molar-refractivity contribution in [3.8, 4) is 5.75 Å². The van der Waals surface area contributed by atoms with Gasteiger partial charge in [-0.15, -0.1) is 0 Å². The predicted molar refractivity (Wildman–Crippen MR) is 56.9 cm³/mol. The summed E-state index contributed by atoms with van der Waals surface area (Å²) in [7, 11) is 0. The van der Waals surface area contributed by atoms with Crippen molar-refractivity contribution in [3.05, 3.63) is 22.6 Å². The Bertz CT molecular complexity index is 375. The normalized spacial score (nSPS) is 26.2. The van der Waals surface area contributed by atoms with E-state index in [1.54, 1.807) is 6.20 Å². The summed E-state index contributed by atoms with van der Waals surface area (Å²) in [5, 5.41) is 6.05. The van der Waals surface area contributed by atoms with E-state index in [1.807, 2.05) is 0 Å². The van der Waals surface area contributed by atoms with Crippen molar-refractivity contribution in [2.75, 3.05) is 0 Å². The van der Waals surface area contributed by atoms with Crippen LogP contribution in [0.5, 0.6) is 5.75 Å². The highest BCUT2D eigenvalue weighted by Crippen LogP contribution is 2.27. The zero-order valence-electron chi connectivity index (χ0n) is 8.90. The smallest absolute Gasteiger partial charge is 0.267 e. The molecule has 0 bridgehead atoms. The largest absolute Gasteiger partial charge is 0.488 e. The summed E-state index contributed by atoms with van der Waals surface area (Å²) in [6.45, 7) is 2.20. The zero-order chi connectivity index (χ0) is 10.7. The number of aromatic amines is 1. The minimum atomic E-state index is -0.212. The van der Waals surface area contributed by atoms with E-state index in [0.717, 1.165) is 6.42 Å². The summed E-state index contributed by atoms with van der Waals surface area (Å²) in [5.41, 5.74) is -0.212. The van der Waals surface area contributed by atoms with Crippen LogP contribution in [-0.2, 0) is 0 Å². The average molecular weight is 208 g/mol. The molecule has 0 spiro atoms. The summed E-state index contributed by atoms with van der Waals surface area (Å²) in [6.07, 6.45) is 6.58. The summed E-state index contributed by atoms with van der Waals surface area (Å²) < 4.78 is 5.77. The van der Waals surface area contributed by atoms with E-state index < -0.39 is 0 Å². The molecule has 82 valence electrons. The molecule has 0 radical (unpaired) electrons. The van der Waals surface area contributed by atoms with Gasteiger partial charge in [0, 0.05) is 6.07 Å². The van der Waals surface area contributed by atoms with Crippen molar-refractivity contribution in [1.82, 2.24) is 10.2 Å². The Morgan fingerprint density at radius 1 is 1.47 bits per heavy atom. The zero-order valence-corrected chi connectivity index (χ0v) is 8.90. The van der Waals surface area contributed by atoms with E-state index in [9.17, 15) is 4.79 Å². The van der Waals surface area contributed by atoms with Crippen LogP contribution >= 0.6 is 0 Å². The van der Waals surface area contributed by atoms with Gasteiger partial charge in [-0.1, -0.05) is 13.3 Å². The van der Waals surface area contributed by atoms with E-state index in [2.05, 4.69) is 17.1 Å². The highest BCUT2D eigenvalue weighted by molar-refractivity contribution is 5.13. The SMILES string of the molecule is CC1CCCCC1Oc1cn[nH]c(=O)c1. The molecule has 2 unspecified atom stereocenters. The van der Waals surface area contributed by atoms with E-state index in [0.29, 0.717) is 11.7 Å². The van der Waals surface area contributed by atoms with Gasteiger partial charge in [0.15, 0.2) is 0 Å². The van der Waals surface area contributed by atoms with E-state index >= 15 is 0 Å². The van der Waals surface area contributed by atoms with Gasteiger partial charge in [-0.3, -0.25) is 4.79 Å². The molecular formula is C11H16N2O2. The molecule has 0 aromatic carbocycles. The lowest BCUT2D eigenvalue weighted by atomic mass is 9.88. The Morgan fingerprint density at radius 3 is 3.00 bits per heavy atom. The monoisotopic (exact) mass is 208 g/mol. The van der Waals surface area contributed by atoms with E-state index in [4.69, 9.17) is 4.74 Å². The minimum Gasteiger partial charge on any atom is -0.488 e. The number of nitrogens with zero attached hydrogens (tertiary/aromatic N) is 1. The molecule has 1 aliphatic rings. The molecule has 1 heterocycles. The summed E-state index contributed by atoms with van der Waals surface area (Å²) >= 11 is 0. The topological polar surface area (TPSA) is 55.0 Å². The van der Waals surface area contributed by atoms with Crippen LogP contribution < -0.4 is 10.3 Å². The fourth-order valence-corrected chi connectivity index (χ4v) is 2.05. The van der Waals surface area contributed by atoms with Gasteiger partial charge in [0.2, 0.25) is 0 Å². The molecule has 0 aliphatic heterocycles. The number of rotatable bonds is 2. The molecule has 1 fully saturated rings. The van der Waals surface area contributed by atoms with E-state index in [1.165, 1.54) is 25.3 Å². The first-order valence-corrected chi connectivity index (χ1v) is 5.47. The Labute approximate surface area is 88.7 Å². The second-order valence-electron chi connectivity index (χ2n) is 4.20. The maximum Gasteiger partial charge on any atom is 0.267 e. The molecule has 0 saturated heterocycles. The van der Waals surface area contributed by atoms with Gasteiger partial charge < -0.3 is 4.74 Å². The van der Waals surface area contributed by atoms with Gasteiger partial charge in [0.05, 0.1) is 6.20 Å². The lowest BCUT2D eigenvalue weighted by molar-refractivity contribution is 0.102. The van der Waals surface area contributed by atoms with E-state index in [-0.39, 0.29) is 11.7 Å². The number of aromatic nitrogens is 2. The molecule has 2 rings (SSSR count). The van der Waals surface area contributed by atoms with Crippen molar-refractivity contribution in [3.63, 3.8) is 0 Å². The molecule has 1 N–H and O–H groups in total. The summed E-state index contributed by atoms with van der Waals surface area (Å²) in [6, 6.07) is 1.45. The van der Waals surface area contributed by atoms with Gasteiger partial charge in [0.1, 0.15) is 11.9 Å². The number of hydrogen-bond acceptors (Lipinski definition) is 3. The molecule has 1 aliphatic carbocycles. The third-order valence-corrected chi connectivity index (χ3v) is 2.96. The fourth-order valence-electron chi connectivity index (χ4n) is 2.05. The standard InChI is InChI=1S/C11H16N2O2/c1-8-4-2-3-5-10(8)15-9-6-11(14)13-12-7-9/h6-8,10H,2-5H2,1H3,(H,13,14). The lowest BCUT2D eigenvalue weighted by Gasteiger charge is -2.28. The number of nitrogens with one attached hydrogen (secondary N) is 1. The average Bonchev–Trinajstić information content (AvgIpc) is 2.22. The number of ether oxygens (including phenoxy) is 1. The minimum absolute atomic E-state index is 0.212. The molecule has 1 saturated carbocycles. The number of H-pyrrole nitrogens is 1. The Morgan fingerprint density at radius 2 is 2.27 bits per heavy atom. The first-order valence-electron chi connectivity index (χ1n) is 5.47. The van der Waals surface area contributed by atoms with Crippen LogP contribution in [0.15, 0.2) is 17.1 Å². The second kappa shape index (κ2) is 4.47. The molecule has 4 nitrogen and oxygen atoms in total. The Balaban J connectivity index is 2.04. The summed E-state index contributed by atoms with van der Waals surface area (Å²) in [4.78, 5) is 11.0. The van der Waals surface area contributed by atoms with Gasteiger partial charge >= 0.3 is 0 Å². The Hall–Kier alpha value is -1.32. The van der Waals surface area contributed by atoms with Crippen LogP contribution in [0.2, 0.25) is 0 Å². The van der Waals surface area contributed by atoms with Crippen LogP contribution in [0, 0.1) is 5.92 Å². The molecule has 4 heteroatoms. The highest BCUT2D eigenvalue weighted by Gasteiger charge is 2.22. The fraction of sp³-hybridized carbons (Fsp3) is 0.636. The van der Waals surface area contributed by atoms with Crippen molar-refractivity contribution >= 4 is 0 Å². The summed E-state index contributed by atoms with van der Waals surface area (Å²) in [5.74, 6) is 1.15. The maximum atomic E-state index is 11.0. The van der Waals surface area contributed by atoms with Gasteiger partial charge in [-0.2, -0.15) is 5.10 Å². The predicted octanol–water partition coefficient (Wildman–Crippen LogP) is 1.73. The van der Waals surface area contributed by atoms with Crippen LogP contribution in [0.25, 0.3) is 0 Å². The first-order chi connectivity index (χ1) is 7.25. The van der Waals surface area contributed by atoms with Crippen molar-refractivity contribution in [2.24, 2.45) is 5.92 Å². The molecule has 1 aromatic rings. The van der Waals surface area contributed by atoms with Gasteiger partial charge in [0.25, 0.3) is 5.56 Å². The quantitative estimate of drug-likeness (QED) is 0.805. The third kappa shape index (κ3) is 2.58. The van der Waals surface area contributed by atoms with Crippen LogP contribution in [0.3, 0.4) is 0 Å². The third-order valence-electron chi connectivity index (χ3n) is 2.96. The van der Waals surface area contributed by atoms with Gasteiger partial charge in [-0.05, 0) is 25.2 Å². The number of hydrogen-bond donors (Lipinski definition) is 1. The second-order valence-corrected chi connectivity index (χ2v) is 4.20. The van der Waals surface area contributed by atoms with Gasteiger partial charge in [-0.25, -0.2) is 5.10 Å². The molecule has 0 amide bonds. The van der Waals surface area contributed by atoms with Crippen LogP contribution in [-0.4, -0.2) is 16.3 Å². The van der Waals surface area contributed by atoms with Crippen molar-refractivity contribution in [2.45, 2.75) is 38.7 Å². The van der Waals surface area contributed by atoms with Crippen molar-refractivity contribution in [1.29, 1.82) is 0 Å². The molecule has 2 atom stereocenters. The molecule has 15 heavy (non-hydrogen) atoms. The first kappa shape index (κ1) is 10.2. The maximum absolute atomic E-state index is 11.0. The van der Waals surface area contributed by atoms with Crippen molar-refractivity contribution < 1.29 is 4.74 Å². The van der Waals surface area contributed by atoms with Crippen LogP contribution in [0.4, 0.5) is 0 Å². The lowest BCUT2D eigenvalue weighted by Crippen LogP contribution is -2.28. The van der Waals surface area contributed by atoms with Crippen LogP contribution in [0.1, 0.15) is 32.6 Å². The molecular weight excluding hydrogens is 192 g/mol. The molecule has 1 aromatic heterocycles.